The monoisotopic (exact) mass is 181 g/mol. The van der Waals surface area contributed by atoms with Gasteiger partial charge in [0.2, 0.25) is 0 Å². The van der Waals surface area contributed by atoms with Crippen LogP contribution in [0.4, 0.5) is 0 Å². The first kappa shape index (κ1) is 8.61. The minimum Gasteiger partial charge on any atom is -0.313 e. The van der Waals surface area contributed by atoms with Gasteiger partial charge in [0.05, 0.1) is 0 Å². The van der Waals surface area contributed by atoms with E-state index >= 15 is 0 Å². The maximum absolute atomic E-state index is 10.1. The first-order chi connectivity index (χ1) is 5.89. The third-order valence-corrected chi connectivity index (χ3v) is 1.45. The molecule has 2 aromatic rings. The van der Waals surface area contributed by atoms with Crippen LogP contribution >= 0.6 is 11.5 Å². The van der Waals surface area contributed by atoms with Gasteiger partial charge in [-0.1, -0.05) is 0 Å². The molecule has 2 rings (SSSR count). The maximum Gasteiger partial charge on any atom is 0.344 e. The summed E-state index contributed by atoms with van der Waals surface area (Å²) in [4.78, 5) is 15.8. The molecule has 0 saturated carbocycles. The van der Waals surface area contributed by atoms with Crippen LogP contribution in [0.25, 0.3) is 0 Å². The van der Waals surface area contributed by atoms with Crippen molar-refractivity contribution < 1.29 is 0 Å². The van der Waals surface area contributed by atoms with Crippen molar-refractivity contribution >= 4 is 11.5 Å². The lowest BCUT2D eigenvalue weighted by Crippen LogP contribution is -2.05. The number of aromatic nitrogens is 3. The van der Waals surface area contributed by atoms with Gasteiger partial charge in [0.1, 0.15) is 0 Å². The Morgan fingerprint density at radius 2 is 2.25 bits per heavy atom. The largest absolute Gasteiger partial charge is 0.344 e. The highest BCUT2D eigenvalue weighted by Gasteiger charge is 1.70. The number of rotatable bonds is 0. The summed E-state index contributed by atoms with van der Waals surface area (Å²) in [5.41, 5.74) is -0.303. The van der Waals surface area contributed by atoms with Crippen LogP contribution < -0.4 is 5.69 Å². The molecule has 0 bridgehead atoms. The summed E-state index contributed by atoms with van der Waals surface area (Å²) in [5, 5.41) is 1.93. The van der Waals surface area contributed by atoms with Gasteiger partial charge in [0, 0.05) is 24.0 Å². The highest BCUT2D eigenvalue weighted by molar-refractivity contribution is 7.03. The van der Waals surface area contributed by atoms with Crippen LogP contribution in [0.3, 0.4) is 0 Å². The predicted molar refractivity (Wildman–Crippen MR) is 47.0 cm³/mol. The molecule has 0 saturated heterocycles. The third kappa shape index (κ3) is 3.62. The number of hydrogen-bond donors (Lipinski definition) is 1. The number of H-pyrrole nitrogens is 1. The lowest BCUT2D eigenvalue weighted by molar-refractivity contribution is 1.08. The van der Waals surface area contributed by atoms with Gasteiger partial charge in [-0.05, 0) is 23.7 Å². The molecule has 4 nitrogen and oxygen atoms in total. The van der Waals surface area contributed by atoms with Crippen LogP contribution in [0.15, 0.2) is 40.9 Å². The third-order valence-electron chi connectivity index (χ3n) is 0.928. The molecule has 0 atom stereocenters. The summed E-state index contributed by atoms with van der Waals surface area (Å²) in [7, 11) is 0. The number of nitrogens with zero attached hydrogens (tertiary/aromatic N) is 2. The molecule has 1 N–H and O–H groups in total. The molecule has 0 unspecified atom stereocenters. The van der Waals surface area contributed by atoms with Gasteiger partial charge in [-0.2, -0.15) is 0 Å². The highest BCUT2D eigenvalue weighted by Crippen LogP contribution is 1.83. The topological polar surface area (TPSA) is 58.6 Å². The van der Waals surface area contributed by atoms with E-state index in [9.17, 15) is 4.79 Å². The van der Waals surface area contributed by atoms with Crippen molar-refractivity contribution in [3.05, 3.63) is 46.6 Å². The summed E-state index contributed by atoms with van der Waals surface area (Å²) < 4.78 is 3.76. The number of nitrogens with one attached hydrogen (secondary N) is 1. The second-order valence-electron chi connectivity index (χ2n) is 1.78. The maximum atomic E-state index is 10.1. The van der Waals surface area contributed by atoms with Crippen LogP contribution in [0.1, 0.15) is 0 Å². The Balaban J connectivity index is 0.000000127. The van der Waals surface area contributed by atoms with Crippen molar-refractivity contribution in [1.29, 1.82) is 0 Å². The molecule has 62 valence electrons. The summed E-state index contributed by atoms with van der Waals surface area (Å²) in [6.45, 7) is 0. The van der Waals surface area contributed by atoms with Gasteiger partial charge in [-0.3, -0.25) is 0 Å². The molecular formula is C7H7N3OS. The fourth-order valence-corrected chi connectivity index (χ4v) is 0.837. The van der Waals surface area contributed by atoms with E-state index in [1.54, 1.807) is 12.3 Å². The Hall–Kier alpha value is -1.49. The number of hydrogen-bond acceptors (Lipinski definition) is 4. The van der Waals surface area contributed by atoms with E-state index in [4.69, 9.17) is 0 Å². The van der Waals surface area contributed by atoms with E-state index in [1.165, 1.54) is 23.9 Å². The zero-order valence-electron chi connectivity index (χ0n) is 6.18. The predicted octanol–water partition coefficient (Wildman–Crippen LogP) is 0.913. The Bertz CT molecular complexity index is 309. The Morgan fingerprint density at radius 3 is 2.50 bits per heavy atom. The van der Waals surface area contributed by atoms with Gasteiger partial charge in [-0.25, -0.2) is 14.2 Å². The standard InChI is InChI=1S/C4H4N2O.C3H3NS/c7-4-5-2-1-3-6-4;1-2-4-5-3-1/h1-3H,(H,5,6,7);1-3H. The molecule has 0 spiro atoms. The molecule has 0 aromatic carbocycles. The summed E-state index contributed by atoms with van der Waals surface area (Å²) in [6, 6.07) is 3.56. The molecule has 12 heavy (non-hydrogen) atoms. The van der Waals surface area contributed by atoms with Gasteiger partial charge >= 0.3 is 5.69 Å². The highest BCUT2D eigenvalue weighted by atomic mass is 32.1. The van der Waals surface area contributed by atoms with Crippen LogP contribution in [0.2, 0.25) is 0 Å². The summed E-state index contributed by atoms with van der Waals surface area (Å²) >= 11 is 1.46. The van der Waals surface area contributed by atoms with Gasteiger partial charge < -0.3 is 4.98 Å². The van der Waals surface area contributed by atoms with Crippen LogP contribution in [0.5, 0.6) is 0 Å². The van der Waals surface area contributed by atoms with E-state index in [0.29, 0.717) is 0 Å². The fourth-order valence-electron chi connectivity index (χ4n) is 0.486. The molecule has 2 heterocycles. The first-order valence-electron chi connectivity index (χ1n) is 3.23. The molecule has 0 fully saturated rings. The minimum atomic E-state index is -0.303. The van der Waals surface area contributed by atoms with Crippen LogP contribution in [0, 0.1) is 0 Å². The molecular weight excluding hydrogens is 174 g/mol. The molecule has 0 aliphatic carbocycles. The molecule has 2 aromatic heterocycles. The molecule has 0 aliphatic heterocycles. The Labute approximate surface area is 73.1 Å². The minimum absolute atomic E-state index is 0.303. The lowest BCUT2D eigenvalue weighted by atomic mass is 10.7. The number of aromatic amines is 1. The Morgan fingerprint density at radius 1 is 1.33 bits per heavy atom. The zero-order valence-corrected chi connectivity index (χ0v) is 6.99. The SMILES string of the molecule is O=c1nccc[nH]1.c1cnsc1. The van der Waals surface area contributed by atoms with E-state index < -0.39 is 0 Å². The average molecular weight is 181 g/mol. The fraction of sp³-hybridized carbons (Fsp3) is 0. The van der Waals surface area contributed by atoms with Crippen molar-refractivity contribution in [2.75, 3.05) is 0 Å². The molecule has 5 heteroatoms. The first-order valence-corrected chi connectivity index (χ1v) is 4.07. The van der Waals surface area contributed by atoms with Crippen molar-refractivity contribution in [3.63, 3.8) is 0 Å². The second-order valence-corrected chi connectivity index (χ2v) is 2.47. The average Bonchev–Trinajstić information content (AvgIpc) is 2.62. The molecule has 0 radical (unpaired) electrons. The van der Waals surface area contributed by atoms with Gasteiger partial charge in [0.15, 0.2) is 0 Å². The quantitative estimate of drug-likeness (QED) is 0.657. The molecule has 0 amide bonds. The second kappa shape index (κ2) is 5.20. The van der Waals surface area contributed by atoms with Crippen molar-refractivity contribution in [1.82, 2.24) is 14.3 Å². The normalized spacial score (nSPS) is 8.33. The van der Waals surface area contributed by atoms with E-state index in [0.717, 1.165) is 0 Å². The van der Waals surface area contributed by atoms with E-state index in [-0.39, 0.29) is 5.69 Å². The smallest absolute Gasteiger partial charge is 0.313 e. The molecule has 0 aliphatic rings. The van der Waals surface area contributed by atoms with Gasteiger partial charge in [-0.15, -0.1) is 0 Å². The van der Waals surface area contributed by atoms with Crippen molar-refractivity contribution in [3.8, 4) is 0 Å². The lowest BCUT2D eigenvalue weighted by Gasteiger charge is -1.72. The van der Waals surface area contributed by atoms with Crippen LogP contribution in [-0.4, -0.2) is 14.3 Å². The van der Waals surface area contributed by atoms with Crippen molar-refractivity contribution in [2.24, 2.45) is 0 Å². The van der Waals surface area contributed by atoms with Crippen LogP contribution in [-0.2, 0) is 0 Å². The van der Waals surface area contributed by atoms with Crippen molar-refractivity contribution in [2.45, 2.75) is 0 Å². The summed E-state index contributed by atoms with van der Waals surface area (Å²) in [5.74, 6) is 0. The van der Waals surface area contributed by atoms with Gasteiger partial charge in [0.25, 0.3) is 0 Å². The van der Waals surface area contributed by atoms with E-state index in [2.05, 4.69) is 14.3 Å². The summed E-state index contributed by atoms with van der Waals surface area (Å²) in [6.07, 6.45) is 4.75. The zero-order chi connectivity index (χ0) is 8.65. The Kier molecular flexibility index (Phi) is 3.73. The van der Waals surface area contributed by atoms with E-state index in [1.807, 2.05) is 11.4 Å².